The van der Waals surface area contributed by atoms with Gasteiger partial charge in [0.1, 0.15) is 11.2 Å². The van der Waals surface area contributed by atoms with Crippen molar-refractivity contribution >= 4 is 53.8 Å². The van der Waals surface area contributed by atoms with Gasteiger partial charge in [-0.05, 0) is 29.3 Å². The fraction of sp³-hybridized carbons (Fsp3) is 0.143. The second-order valence-corrected chi connectivity index (χ2v) is 5.15. The SMILES string of the molecule is BrCc1ccc2c(c1)oc1ccc(CBr)cc12. The minimum atomic E-state index is 0.854. The molecule has 0 atom stereocenters. The molecule has 2 aromatic carbocycles. The Morgan fingerprint density at radius 3 is 2.24 bits per heavy atom. The van der Waals surface area contributed by atoms with Gasteiger partial charge < -0.3 is 4.42 Å². The smallest absolute Gasteiger partial charge is 0.135 e. The van der Waals surface area contributed by atoms with Crippen molar-refractivity contribution in [1.29, 1.82) is 0 Å². The largest absolute Gasteiger partial charge is 0.456 e. The first-order valence-corrected chi connectivity index (χ1v) is 7.62. The van der Waals surface area contributed by atoms with Gasteiger partial charge in [-0.2, -0.15) is 0 Å². The first-order valence-electron chi connectivity index (χ1n) is 5.38. The van der Waals surface area contributed by atoms with Crippen LogP contribution in [0, 0.1) is 0 Å². The number of alkyl halides is 2. The van der Waals surface area contributed by atoms with E-state index in [1.165, 1.54) is 21.9 Å². The predicted molar refractivity (Wildman–Crippen MR) is 79.0 cm³/mol. The van der Waals surface area contributed by atoms with E-state index in [1.807, 2.05) is 6.07 Å². The third-order valence-electron chi connectivity index (χ3n) is 2.91. The van der Waals surface area contributed by atoms with Crippen LogP contribution in [0.1, 0.15) is 11.1 Å². The van der Waals surface area contributed by atoms with E-state index in [-0.39, 0.29) is 0 Å². The van der Waals surface area contributed by atoms with Gasteiger partial charge in [0, 0.05) is 21.4 Å². The zero-order valence-corrected chi connectivity index (χ0v) is 12.2. The lowest BCUT2D eigenvalue weighted by Crippen LogP contribution is -1.76. The Labute approximate surface area is 116 Å². The zero-order valence-electron chi connectivity index (χ0n) is 9.04. The van der Waals surface area contributed by atoms with E-state index in [0.29, 0.717) is 0 Å². The van der Waals surface area contributed by atoms with Gasteiger partial charge in [0.2, 0.25) is 0 Å². The molecule has 0 aliphatic rings. The van der Waals surface area contributed by atoms with Crippen LogP contribution in [0.4, 0.5) is 0 Å². The summed E-state index contributed by atoms with van der Waals surface area (Å²) in [7, 11) is 0. The molecule has 0 amide bonds. The molecule has 17 heavy (non-hydrogen) atoms. The summed E-state index contributed by atoms with van der Waals surface area (Å²) in [6.07, 6.45) is 0. The van der Waals surface area contributed by atoms with Gasteiger partial charge in [-0.1, -0.05) is 50.1 Å². The molecular formula is C14H10Br2O. The second kappa shape index (κ2) is 4.46. The van der Waals surface area contributed by atoms with Crippen LogP contribution in [-0.4, -0.2) is 0 Å². The molecule has 0 saturated carbocycles. The van der Waals surface area contributed by atoms with Crippen LogP contribution in [-0.2, 0) is 10.7 Å². The Morgan fingerprint density at radius 1 is 0.765 bits per heavy atom. The average Bonchev–Trinajstić information content (AvgIpc) is 2.74. The highest BCUT2D eigenvalue weighted by Gasteiger charge is 2.07. The summed E-state index contributed by atoms with van der Waals surface area (Å²) in [5.74, 6) is 0. The summed E-state index contributed by atoms with van der Waals surface area (Å²) >= 11 is 6.94. The first-order chi connectivity index (χ1) is 8.31. The molecule has 0 aliphatic heterocycles. The van der Waals surface area contributed by atoms with Crippen molar-refractivity contribution in [2.45, 2.75) is 10.7 Å². The Balaban J connectivity index is 2.34. The first kappa shape index (κ1) is 11.3. The monoisotopic (exact) mass is 352 g/mol. The van der Waals surface area contributed by atoms with E-state index in [0.717, 1.165) is 21.8 Å². The van der Waals surface area contributed by atoms with Crippen LogP contribution in [0.15, 0.2) is 40.8 Å². The van der Waals surface area contributed by atoms with Gasteiger partial charge in [-0.25, -0.2) is 0 Å². The van der Waals surface area contributed by atoms with Crippen molar-refractivity contribution in [1.82, 2.24) is 0 Å². The van der Waals surface area contributed by atoms with Crippen molar-refractivity contribution in [3.05, 3.63) is 47.5 Å². The minimum absolute atomic E-state index is 0.854. The lowest BCUT2D eigenvalue weighted by molar-refractivity contribution is 0.668. The van der Waals surface area contributed by atoms with Crippen molar-refractivity contribution in [3.8, 4) is 0 Å². The topological polar surface area (TPSA) is 13.1 Å². The predicted octanol–water partition coefficient (Wildman–Crippen LogP) is 5.38. The van der Waals surface area contributed by atoms with Crippen LogP contribution in [0.5, 0.6) is 0 Å². The van der Waals surface area contributed by atoms with E-state index in [2.05, 4.69) is 62.2 Å². The van der Waals surface area contributed by atoms with E-state index in [4.69, 9.17) is 4.42 Å². The molecule has 86 valence electrons. The van der Waals surface area contributed by atoms with Gasteiger partial charge in [-0.15, -0.1) is 0 Å². The van der Waals surface area contributed by atoms with E-state index >= 15 is 0 Å². The normalized spacial score (nSPS) is 11.4. The molecule has 0 radical (unpaired) electrons. The molecule has 3 rings (SSSR count). The average molecular weight is 354 g/mol. The third kappa shape index (κ3) is 1.91. The van der Waals surface area contributed by atoms with Gasteiger partial charge in [0.05, 0.1) is 0 Å². The number of furan rings is 1. The highest BCUT2D eigenvalue weighted by molar-refractivity contribution is 9.08. The maximum Gasteiger partial charge on any atom is 0.135 e. The van der Waals surface area contributed by atoms with Crippen LogP contribution < -0.4 is 0 Å². The number of rotatable bonds is 2. The Kier molecular flexibility index (Phi) is 2.97. The highest BCUT2D eigenvalue weighted by Crippen LogP contribution is 2.30. The maximum absolute atomic E-state index is 5.86. The van der Waals surface area contributed by atoms with E-state index < -0.39 is 0 Å². The standard InChI is InChI=1S/C14H10Br2O/c15-7-9-2-4-13-12(5-9)11-3-1-10(8-16)6-14(11)17-13/h1-6H,7-8H2. The van der Waals surface area contributed by atoms with Gasteiger partial charge >= 0.3 is 0 Å². The summed E-state index contributed by atoms with van der Waals surface area (Å²) in [5, 5.41) is 4.10. The zero-order chi connectivity index (χ0) is 11.8. The van der Waals surface area contributed by atoms with Crippen LogP contribution in [0.3, 0.4) is 0 Å². The summed E-state index contributed by atoms with van der Waals surface area (Å²) in [6.45, 7) is 0. The van der Waals surface area contributed by atoms with Gasteiger partial charge in [-0.3, -0.25) is 0 Å². The summed E-state index contributed by atoms with van der Waals surface area (Å²) in [6, 6.07) is 12.7. The van der Waals surface area contributed by atoms with Crippen molar-refractivity contribution in [2.24, 2.45) is 0 Å². The molecule has 0 bridgehead atoms. The van der Waals surface area contributed by atoms with Gasteiger partial charge in [0.15, 0.2) is 0 Å². The summed E-state index contributed by atoms with van der Waals surface area (Å²) in [5.41, 5.74) is 4.42. The Bertz CT molecular complexity index is 685. The van der Waals surface area contributed by atoms with Crippen LogP contribution in [0.2, 0.25) is 0 Å². The summed E-state index contributed by atoms with van der Waals surface area (Å²) in [4.78, 5) is 0. The van der Waals surface area contributed by atoms with Crippen molar-refractivity contribution < 1.29 is 4.42 Å². The quantitative estimate of drug-likeness (QED) is 0.564. The van der Waals surface area contributed by atoms with Crippen molar-refractivity contribution in [2.75, 3.05) is 0 Å². The Morgan fingerprint density at radius 2 is 1.47 bits per heavy atom. The molecule has 3 aromatic rings. The number of fused-ring (bicyclic) bond motifs is 3. The third-order valence-corrected chi connectivity index (χ3v) is 4.20. The molecule has 0 fully saturated rings. The van der Waals surface area contributed by atoms with Crippen LogP contribution >= 0.6 is 31.9 Å². The molecular weight excluding hydrogens is 344 g/mol. The molecule has 1 aromatic heterocycles. The molecule has 1 nitrogen and oxygen atoms in total. The molecule has 1 heterocycles. The lowest BCUT2D eigenvalue weighted by atomic mass is 10.1. The number of benzene rings is 2. The summed E-state index contributed by atoms with van der Waals surface area (Å²) < 4.78 is 5.86. The van der Waals surface area contributed by atoms with Crippen molar-refractivity contribution in [3.63, 3.8) is 0 Å². The second-order valence-electron chi connectivity index (χ2n) is 4.03. The van der Waals surface area contributed by atoms with Gasteiger partial charge in [0.25, 0.3) is 0 Å². The fourth-order valence-electron chi connectivity index (χ4n) is 2.04. The number of hydrogen-bond acceptors (Lipinski definition) is 1. The number of hydrogen-bond donors (Lipinski definition) is 0. The molecule has 0 saturated heterocycles. The minimum Gasteiger partial charge on any atom is -0.456 e. The molecule has 0 spiro atoms. The molecule has 0 aliphatic carbocycles. The molecule has 3 heteroatoms. The molecule has 0 unspecified atom stereocenters. The lowest BCUT2D eigenvalue weighted by Gasteiger charge is -1.95. The van der Waals surface area contributed by atoms with E-state index in [9.17, 15) is 0 Å². The fourth-order valence-corrected chi connectivity index (χ4v) is 2.73. The maximum atomic E-state index is 5.86. The molecule has 0 N–H and O–H groups in total. The Hall–Kier alpha value is -0.800. The highest BCUT2D eigenvalue weighted by atomic mass is 79.9. The van der Waals surface area contributed by atoms with Crippen LogP contribution in [0.25, 0.3) is 21.9 Å². The number of halogens is 2. The van der Waals surface area contributed by atoms with E-state index in [1.54, 1.807) is 0 Å².